The Morgan fingerprint density at radius 3 is 2.74 bits per heavy atom. The molecule has 5 heteroatoms. The van der Waals surface area contributed by atoms with E-state index in [1.54, 1.807) is 12.1 Å². The number of hydrogen-bond donors (Lipinski definition) is 3. The summed E-state index contributed by atoms with van der Waals surface area (Å²) in [5.74, 6) is -1.44. The normalized spacial score (nSPS) is 10.6. The third kappa shape index (κ3) is 5.35. The van der Waals surface area contributed by atoms with Crippen molar-refractivity contribution < 1.29 is 14.7 Å². The minimum atomic E-state index is -1.06. The monoisotopic (exact) mass is 262 g/mol. The van der Waals surface area contributed by atoms with Crippen molar-refractivity contribution in [3.8, 4) is 0 Å². The van der Waals surface area contributed by atoms with Crippen molar-refractivity contribution in [2.45, 2.75) is 6.42 Å². The number of benzene rings is 1. The lowest BCUT2D eigenvalue weighted by molar-refractivity contribution is -0.135. The van der Waals surface area contributed by atoms with Crippen molar-refractivity contribution in [3.63, 3.8) is 0 Å². The Morgan fingerprint density at radius 1 is 1.32 bits per heavy atom. The number of carbonyl (C=O) groups is 2. The number of carboxylic acid groups (broad SMARTS) is 1. The van der Waals surface area contributed by atoms with Crippen molar-refractivity contribution in [3.05, 3.63) is 41.5 Å². The molecule has 1 amide bonds. The first-order valence-corrected chi connectivity index (χ1v) is 6.05. The molecule has 5 nitrogen and oxygen atoms in total. The van der Waals surface area contributed by atoms with Crippen molar-refractivity contribution in [1.29, 1.82) is 0 Å². The molecule has 0 fully saturated rings. The molecule has 0 atom stereocenters. The Kier molecular flexibility index (Phi) is 6.32. The van der Waals surface area contributed by atoms with E-state index in [9.17, 15) is 9.59 Å². The summed E-state index contributed by atoms with van der Waals surface area (Å²) in [5, 5.41) is 13.9. The van der Waals surface area contributed by atoms with Crippen LogP contribution in [0.5, 0.6) is 0 Å². The molecule has 0 radical (unpaired) electrons. The Labute approximate surface area is 112 Å². The molecule has 19 heavy (non-hydrogen) atoms. The summed E-state index contributed by atoms with van der Waals surface area (Å²) in [6, 6.07) is 7.09. The van der Waals surface area contributed by atoms with Gasteiger partial charge in [-0.05, 0) is 31.6 Å². The van der Waals surface area contributed by atoms with Gasteiger partial charge < -0.3 is 15.7 Å². The minimum absolute atomic E-state index is 0.378. The predicted octanol–water partition coefficient (Wildman–Crippen LogP) is 1.12. The average Bonchev–Trinajstić information content (AvgIpc) is 2.41. The molecule has 3 N–H and O–H groups in total. The Bertz CT molecular complexity index is 470. The van der Waals surface area contributed by atoms with Gasteiger partial charge in [-0.1, -0.05) is 30.4 Å². The lowest BCUT2D eigenvalue weighted by Gasteiger charge is -2.06. The van der Waals surface area contributed by atoms with Crippen molar-refractivity contribution in [2.75, 3.05) is 20.1 Å². The maximum atomic E-state index is 11.8. The smallest absolute Gasteiger partial charge is 0.322 e. The van der Waals surface area contributed by atoms with Crippen LogP contribution in [0.2, 0.25) is 0 Å². The molecule has 0 aliphatic carbocycles. The quantitative estimate of drug-likeness (QED) is 0.643. The lowest BCUT2D eigenvalue weighted by Crippen LogP contribution is -2.29. The largest absolute Gasteiger partial charge is 0.480 e. The van der Waals surface area contributed by atoms with Gasteiger partial charge in [-0.15, -0.1) is 0 Å². The summed E-state index contributed by atoms with van der Waals surface area (Å²) < 4.78 is 0. The van der Waals surface area contributed by atoms with Gasteiger partial charge in [0.1, 0.15) is 6.54 Å². The van der Waals surface area contributed by atoms with Crippen LogP contribution < -0.4 is 10.6 Å². The van der Waals surface area contributed by atoms with E-state index in [2.05, 4.69) is 10.6 Å². The number of hydrogen-bond acceptors (Lipinski definition) is 3. The SMILES string of the molecule is CNCCC=Cc1ccccc1C(=O)NCC(=O)O. The van der Waals surface area contributed by atoms with E-state index in [0.29, 0.717) is 5.56 Å². The van der Waals surface area contributed by atoms with Crippen molar-refractivity contribution in [2.24, 2.45) is 0 Å². The van der Waals surface area contributed by atoms with Crippen LogP contribution in [-0.4, -0.2) is 37.1 Å². The molecular weight excluding hydrogens is 244 g/mol. The number of amides is 1. The van der Waals surface area contributed by atoms with Crippen molar-refractivity contribution in [1.82, 2.24) is 10.6 Å². The second kappa shape index (κ2) is 8.05. The zero-order chi connectivity index (χ0) is 14.1. The van der Waals surface area contributed by atoms with Gasteiger partial charge >= 0.3 is 5.97 Å². The molecule has 1 aromatic rings. The predicted molar refractivity (Wildman–Crippen MR) is 74.0 cm³/mol. The van der Waals surface area contributed by atoms with Gasteiger partial charge in [0, 0.05) is 5.56 Å². The molecule has 0 unspecified atom stereocenters. The topological polar surface area (TPSA) is 78.4 Å². The molecule has 0 spiro atoms. The van der Waals surface area contributed by atoms with Crippen LogP contribution in [0.25, 0.3) is 6.08 Å². The van der Waals surface area contributed by atoms with E-state index >= 15 is 0 Å². The second-order valence-corrected chi connectivity index (χ2v) is 3.96. The number of nitrogens with one attached hydrogen (secondary N) is 2. The number of carboxylic acids is 1. The number of rotatable bonds is 7. The van der Waals surface area contributed by atoms with Gasteiger partial charge in [0.2, 0.25) is 0 Å². The molecule has 0 bridgehead atoms. The van der Waals surface area contributed by atoms with E-state index in [0.717, 1.165) is 18.5 Å². The molecule has 1 aromatic carbocycles. The van der Waals surface area contributed by atoms with Crippen LogP contribution in [0.4, 0.5) is 0 Å². The van der Waals surface area contributed by atoms with Crippen LogP contribution >= 0.6 is 0 Å². The summed E-state index contributed by atoms with van der Waals surface area (Å²) in [7, 11) is 1.88. The van der Waals surface area contributed by atoms with Crippen LogP contribution in [-0.2, 0) is 4.79 Å². The lowest BCUT2D eigenvalue weighted by atomic mass is 10.1. The molecule has 0 saturated heterocycles. The number of carbonyl (C=O) groups excluding carboxylic acids is 1. The fourth-order valence-electron chi connectivity index (χ4n) is 1.54. The van der Waals surface area contributed by atoms with Gasteiger partial charge in [0.15, 0.2) is 0 Å². The first-order valence-electron chi connectivity index (χ1n) is 6.05. The minimum Gasteiger partial charge on any atom is -0.480 e. The Balaban J connectivity index is 2.74. The zero-order valence-corrected chi connectivity index (χ0v) is 10.8. The molecule has 0 aromatic heterocycles. The number of aliphatic carboxylic acids is 1. The molecule has 0 heterocycles. The first-order chi connectivity index (χ1) is 9.15. The van der Waals surface area contributed by atoms with Gasteiger partial charge in [-0.2, -0.15) is 0 Å². The third-order valence-electron chi connectivity index (χ3n) is 2.46. The highest BCUT2D eigenvalue weighted by Crippen LogP contribution is 2.11. The fourth-order valence-corrected chi connectivity index (χ4v) is 1.54. The summed E-state index contributed by atoms with van der Waals surface area (Å²) in [5.41, 5.74) is 1.26. The maximum absolute atomic E-state index is 11.8. The molecule has 102 valence electrons. The standard InChI is InChI=1S/C14H18N2O3/c1-15-9-5-4-7-11-6-2-3-8-12(11)14(19)16-10-13(17)18/h2-4,6-8,15H,5,9-10H2,1H3,(H,16,19)(H,17,18). The van der Waals surface area contributed by atoms with E-state index < -0.39 is 5.97 Å². The van der Waals surface area contributed by atoms with Crippen LogP contribution in [0.3, 0.4) is 0 Å². The van der Waals surface area contributed by atoms with Crippen molar-refractivity contribution >= 4 is 18.0 Å². The highest BCUT2D eigenvalue weighted by Gasteiger charge is 2.09. The van der Waals surface area contributed by atoms with Crippen LogP contribution in [0.1, 0.15) is 22.3 Å². The van der Waals surface area contributed by atoms with Crippen LogP contribution in [0, 0.1) is 0 Å². The summed E-state index contributed by atoms with van der Waals surface area (Å²) >= 11 is 0. The van der Waals surface area contributed by atoms with E-state index in [1.807, 2.05) is 31.3 Å². The summed E-state index contributed by atoms with van der Waals surface area (Å²) in [6.07, 6.45) is 4.70. The Hall–Kier alpha value is -2.14. The zero-order valence-electron chi connectivity index (χ0n) is 10.8. The molecule has 0 aliphatic rings. The van der Waals surface area contributed by atoms with Gasteiger partial charge in [0.25, 0.3) is 5.91 Å². The summed E-state index contributed by atoms with van der Waals surface area (Å²) in [4.78, 5) is 22.3. The molecular formula is C14H18N2O3. The molecule has 1 rings (SSSR count). The van der Waals surface area contributed by atoms with Gasteiger partial charge in [-0.3, -0.25) is 9.59 Å². The molecule has 0 aliphatic heterocycles. The van der Waals surface area contributed by atoms with Crippen LogP contribution in [0.15, 0.2) is 30.3 Å². The average molecular weight is 262 g/mol. The van der Waals surface area contributed by atoms with E-state index in [-0.39, 0.29) is 12.5 Å². The highest BCUT2D eigenvalue weighted by molar-refractivity contribution is 5.98. The van der Waals surface area contributed by atoms with Gasteiger partial charge in [-0.25, -0.2) is 0 Å². The maximum Gasteiger partial charge on any atom is 0.322 e. The molecule has 0 saturated carbocycles. The van der Waals surface area contributed by atoms with Gasteiger partial charge in [0.05, 0.1) is 0 Å². The second-order valence-electron chi connectivity index (χ2n) is 3.96. The first kappa shape index (κ1) is 14.9. The Morgan fingerprint density at radius 2 is 2.05 bits per heavy atom. The third-order valence-corrected chi connectivity index (χ3v) is 2.46. The van der Waals surface area contributed by atoms with E-state index in [1.165, 1.54) is 0 Å². The fraction of sp³-hybridized carbons (Fsp3) is 0.286. The van der Waals surface area contributed by atoms with E-state index in [4.69, 9.17) is 5.11 Å². The highest BCUT2D eigenvalue weighted by atomic mass is 16.4. The summed E-state index contributed by atoms with van der Waals surface area (Å²) in [6.45, 7) is 0.487.